The van der Waals surface area contributed by atoms with E-state index in [-0.39, 0.29) is 24.2 Å². The third kappa shape index (κ3) is 2.44. The highest BCUT2D eigenvalue weighted by molar-refractivity contribution is 5.87. The number of anilines is 4. The van der Waals surface area contributed by atoms with Gasteiger partial charge in [-0.05, 0) is 0 Å². The molecule has 0 aromatic carbocycles. The molecular weight excluding hydrogens is 384 g/mol. The van der Waals surface area contributed by atoms with Gasteiger partial charge in [-0.2, -0.15) is 19.9 Å². The number of nitrogens with one attached hydrogen (secondary N) is 4. The smallest absolute Gasteiger partial charge is 0.233 e. The third-order valence-electron chi connectivity index (χ3n) is 4.90. The molecule has 6 heterocycles. The molecule has 6 rings (SSSR count). The zero-order valence-electron chi connectivity index (χ0n) is 14.5. The summed E-state index contributed by atoms with van der Waals surface area (Å²) in [5.41, 5.74) is 1.99. The Hall–Kier alpha value is -3.46. The van der Waals surface area contributed by atoms with Crippen LogP contribution in [0.25, 0.3) is 22.3 Å². The van der Waals surface area contributed by atoms with E-state index in [9.17, 15) is 15.3 Å². The lowest BCUT2D eigenvalue weighted by Crippen LogP contribution is -2.49. The highest BCUT2D eigenvalue weighted by Gasteiger charge is 2.40. The Morgan fingerprint density at radius 1 is 0.897 bits per heavy atom. The third-order valence-corrected chi connectivity index (χ3v) is 4.90. The number of hydrogen-bond donors (Lipinski definition) is 7. The normalized spacial score (nSPS) is 26.0. The topological polar surface area (TPSA) is 203 Å². The second kappa shape index (κ2) is 5.77. The minimum atomic E-state index is -1.39. The van der Waals surface area contributed by atoms with Gasteiger partial charge in [0, 0.05) is 0 Å². The van der Waals surface area contributed by atoms with Crippen molar-refractivity contribution in [1.29, 1.82) is 0 Å². The second-order valence-electron chi connectivity index (χ2n) is 6.77. The lowest BCUT2D eigenvalue weighted by molar-refractivity contribution is -0.189. The quantitative estimate of drug-likeness (QED) is 0.181. The van der Waals surface area contributed by atoms with E-state index in [0.29, 0.717) is 34.1 Å². The van der Waals surface area contributed by atoms with Crippen molar-refractivity contribution in [3.63, 3.8) is 0 Å². The summed E-state index contributed by atoms with van der Waals surface area (Å²) in [5.74, 6) is 1.12. The maximum atomic E-state index is 10.4. The first-order valence-corrected chi connectivity index (χ1v) is 8.75. The molecule has 2 aliphatic rings. The molecule has 148 valence electrons. The number of fused-ring (bicyclic) bond motifs is 6. The van der Waals surface area contributed by atoms with E-state index in [1.54, 1.807) is 0 Å². The van der Waals surface area contributed by atoms with Crippen LogP contribution in [0.15, 0.2) is 6.33 Å². The van der Waals surface area contributed by atoms with Crippen LogP contribution in [0.1, 0.15) is 11.8 Å². The Morgan fingerprint density at radius 3 is 2.62 bits per heavy atom. The Labute approximate surface area is 160 Å². The van der Waals surface area contributed by atoms with Crippen molar-refractivity contribution < 1.29 is 20.1 Å². The van der Waals surface area contributed by atoms with Crippen LogP contribution in [0.5, 0.6) is 0 Å². The molecule has 0 saturated carbocycles. The minimum absolute atomic E-state index is 0.155. The highest BCUT2D eigenvalue weighted by Crippen LogP contribution is 2.34. The van der Waals surface area contributed by atoms with E-state index in [4.69, 9.17) is 4.74 Å². The van der Waals surface area contributed by atoms with Gasteiger partial charge in [0.1, 0.15) is 41.1 Å². The molecule has 4 atom stereocenters. The predicted molar refractivity (Wildman–Crippen MR) is 96.6 cm³/mol. The van der Waals surface area contributed by atoms with E-state index in [1.165, 1.54) is 6.33 Å². The SMILES string of the molecule is OC1COC(c2nc3nc4nc([nH]c24)Nc2nc(c4[nH]cnc4n2)N3)C(O)C1O. The van der Waals surface area contributed by atoms with Crippen LogP contribution in [-0.2, 0) is 4.74 Å². The Balaban J connectivity index is 1.54. The lowest BCUT2D eigenvalue weighted by atomic mass is 9.97. The van der Waals surface area contributed by atoms with E-state index >= 15 is 0 Å². The van der Waals surface area contributed by atoms with E-state index in [0.717, 1.165) is 0 Å². The number of nitrogens with zero attached hydrogens (tertiary/aromatic N) is 6. The van der Waals surface area contributed by atoms with Crippen LogP contribution in [-0.4, -0.2) is 80.1 Å². The van der Waals surface area contributed by atoms with Crippen molar-refractivity contribution in [3.8, 4) is 0 Å². The van der Waals surface area contributed by atoms with Crippen LogP contribution in [0, 0.1) is 0 Å². The first-order valence-electron chi connectivity index (χ1n) is 8.75. The Bertz CT molecular complexity index is 1250. The van der Waals surface area contributed by atoms with Gasteiger partial charge in [0.15, 0.2) is 17.1 Å². The molecule has 2 aliphatic heterocycles. The number of rotatable bonds is 1. The van der Waals surface area contributed by atoms with Crippen LogP contribution < -0.4 is 10.6 Å². The van der Waals surface area contributed by atoms with Crippen molar-refractivity contribution in [3.05, 3.63) is 12.0 Å². The number of aliphatic hydroxyl groups is 3. The summed E-state index contributed by atoms with van der Waals surface area (Å²) in [4.78, 5) is 32.1. The maximum Gasteiger partial charge on any atom is 0.233 e. The maximum absolute atomic E-state index is 10.4. The van der Waals surface area contributed by atoms with Crippen molar-refractivity contribution in [2.24, 2.45) is 0 Å². The molecule has 1 fully saturated rings. The predicted octanol–water partition coefficient (Wildman–Crippen LogP) is -1.03. The van der Waals surface area contributed by atoms with Crippen molar-refractivity contribution in [1.82, 2.24) is 39.9 Å². The molecule has 7 N–H and O–H groups in total. The summed E-state index contributed by atoms with van der Waals surface area (Å²) in [7, 11) is 0. The molecule has 29 heavy (non-hydrogen) atoms. The Kier molecular flexibility index (Phi) is 3.28. The van der Waals surface area contributed by atoms with Gasteiger partial charge in [-0.1, -0.05) is 0 Å². The summed E-state index contributed by atoms with van der Waals surface area (Å²) >= 11 is 0. The number of aromatic amines is 2. The standard InChI is InChI=1S/C15H14N10O4/c26-3-1-29-9(8(28)7(3)27)4-5-11-21-13(18-4)23-12-6-10(17-2-16-6)20-15(24-12)25-14(19-5)22-11/h2-3,7-9,26-28H,1H2,(H4,16,17,18,19,20,21,22,23,24,25). The van der Waals surface area contributed by atoms with Crippen LogP contribution in [0.2, 0.25) is 0 Å². The minimum Gasteiger partial charge on any atom is -0.388 e. The fourth-order valence-electron chi connectivity index (χ4n) is 3.48. The lowest BCUT2D eigenvalue weighted by Gasteiger charge is -2.34. The number of ether oxygens (including phenoxy) is 1. The molecule has 14 heteroatoms. The largest absolute Gasteiger partial charge is 0.388 e. The van der Waals surface area contributed by atoms with Gasteiger partial charge in [0.05, 0.1) is 12.9 Å². The number of aromatic nitrogens is 8. The molecular formula is C15H14N10O4. The molecule has 4 aromatic heterocycles. The number of H-pyrrole nitrogens is 2. The highest BCUT2D eigenvalue weighted by atomic mass is 16.5. The van der Waals surface area contributed by atoms with E-state index < -0.39 is 24.4 Å². The Morgan fingerprint density at radius 2 is 1.72 bits per heavy atom. The van der Waals surface area contributed by atoms with Gasteiger partial charge in [-0.15, -0.1) is 0 Å². The zero-order chi connectivity index (χ0) is 19.7. The van der Waals surface area contributed by atoms with E-state index in [2.05, 4.69) is 50.5 Å². The summed E-state index contributed by atoms with van der Waals surface area (Å²) in [6.07, 6.45) is -3.48. The molecule has 1 saturated heterocycles. The average Bonchev–Trinajstić information content (AvgIpc) is 3.31. The van der Waals surface area contributed by atoms with Gasteiger partial charge < -0.3 is 35.3 Å². The number of hydrogen-bond acceptors (Lipinski definition) is 12. The summed E-state index contributed by atoms with van der Waals surface area (Å²) < 4.78 is 5.57. The monoisotopic (exact) mass is 398 g/mol. The molecule has 0 amide bonds. The molecule has 4 aromatic rings. The summed E-state index contributed by atoms with van der Waals surface area (Å²) in [6.45, 7) is -0.155. The molecule has 4 unspecified atom stereocenters. The van der Waals surface area contributed by atoms with Crippen molar-refractivity contribution >= 4 is 46.0 Å². The van der Waals surface area contributed by atoms with Gasteiger partial charge in [0.25, 0.3) is 0 Å². The molecule has 0 aliphatic carbocycles. The summed E-state index contributed by atoms with van der Waals surface area (Å²) in [6, 6.07) is 0. The van der Waals surface area contributed by atoms with Gasteiger partial charge >= 0.3 is 0 Å². The van der Waals surface area contributed by atoms with Crippen molar-refractivity contribution in [2.45, 2.75) is 24.4 Å². The fourth-order valence-corrected chi connectivity index (χ4v) is 3.48. The molecule has 5 bridgehead atoms. The molecule has 0 spiro atoms. The van der Waals surface area contributed by atoms with Crippen LogP contribution >= 0.6 is 0 Å². The summed E-state index contributed by atoms with van der Waals surface area (Å²) in [5, 5.41) is 36.2. The molecule has 0 radical (unpaired) electrons. The van der Waals surface area contributed by atoms with E-state index in [1.807, 2.05) is 0 Å². The van der Waals surface area contributed by atoms with Crippen LogP contribution in [0.3, 0.4) is 0 Å². The van der Waals surface area contributed by atoms with Gasteiger partial charge in [-0.3, -0.25) is 5.32 Å². The van der Waals surface area contributed by atoms with Crippen molar-refractivity contribution in [2.75, 3.05) is 17.2 Å². The van der Waals surface area contributed by atoms with Crippen LogP contribution in [0.4, 0.5) is 23.7 Å². The van der Waals surface area contributed by atoms with Gasteiger partial charge in [0.2, 0.25) is 17.8 Å². The fraction of sp³-hybridized carbons (Fsp3) is 0.333. The first-order chi connectivity index (χ1) is 14.1. The first kappa shape index (κ1) is 16.5. The number of aliphatic hydroxyl groups excluding tert-OH is 3. The van der Waals surface area contributed by atoms with Gasteiger partial charge in [-0.25, -0.2) is 9.97 Å². The molecule has 14 nitrogen and oxygen atoms in total. The zero-order valence-corrected chi connectivity index (χ0v) is 14.5. The average molecular weight is 398 g/mol. The second-order valence-corrected chi connectivity index (χ2v) is 6.77. The number of imidazole rings is 2.